The van der Waals surface area contributed by atoms with Gasteiger partial charge in [0, 0.05) is 22.1 Å². The van der Waals surface area contributed by atoms with Crippen LogP contribution in [-0.2, 0) is 5.75 Å². The highest BCUT2D eigenvalue weighted by Gasteiger charge is 2.08. The average Bonchev–Trinajstić information content (AvgIpc) is 2.61. The summed E-state index contributed by atoms with van der Waals surface area (Å²) in [5.41, 5.74) is 2.56. The third-order valence-corrected chi connectivity index (χ3v) is 4.76. The van der Waals surface area contributed by atoms with Gasteiger partial charge in [0.05, 0.1) is 0 Å². The van der Waals surface area contributed by atoms with Crippen LogP contribution in [0, 0.1) is 5.92 Å². The number of aromatic nitrogens is 1. The Labute approximate surface area is 93.5 Å². The predicted molar refractivity (Wildman–Crippen MR) is 65.5 cm³/mol. The number of rotatable bonds is 5. The number of nitrogens with two attached hydrogens (primary N) is 1. The fourth-order valence-electron chi connectivity index (χ4n) is 0.847. The number of hydrogen-bond acceptors (Lipinski definition) is 5. The van der Waals surface area contributed by atoms with Crippen molar-refractivity contribution in [1.82, 2.24) is 4.98 Å². The maximum absolute atomic E-state index is 5.26. The van der Waals surface area contributed by atoms with Crippen LogP contribution < -0.4 is 11.3 Å². The highest BCUT2D eigenvalue weighted by atomic mass is 32.2. The molecule has 0 fully saturated rings. The van der Waals surface area contributed by atoms with Crippen molar-refractivity contribution in [3.05, 3.63) is 11.1 Å². The second-order valence-electron chi connectivity index (χ2n) is 3.54. The minimum atomic E-state index is 0.686. The molecule has 14 heavy (non-hydrogen) atoms. The molecule has 0 aromatic carbocycles. The summed E-state index contributed by atoms with van der Waals surface area (Å²) < 4.78 is 0. The zero-order chi connectivity index (χ0) is 10.6. The van der Waals surface area contributed by atoms with E-state index in [2.05, 4.69) is 31.2 Å². The maximum atomic E-state index is 5.26. The van der Waals surface area contributed by atoms with Gasteiger partial charge in [0.1, 0.15) is 0 Å². The van der Waals surface area contributed by atoms with Crippen LogP contribution in [0.2, 0.25) is 0 Å². The van der Waals surface area contributed by atoms with Crippen molar-refractivity contribution >= 4 is 28.2 Å². The van der Waals surface area contributed by atoms with Gasteiger partial charge in [-0.3, -0.25) is 5.43 Å². The standard InChI is InChI=1S/C9H17N3S2/c1-6(2)7(3)13-5-8-4-11-9(12-10)14-8/h4,6-7H,5,10H2,1-3H3,(H,11,12). The van der Waals surface area contributed by atoms with E-state index in [1.807, 2.05) is 18.0 Å². The molecule has 1 aromatic rings. The Morgan fingerprint density at radius 1 is 1.57 bits per heavy atom. The van der Waals surface area contributed by atoms with E-state index < -0.39 is 0 Å². The van der Waals surface area contributed by atoms with Crippen molar-refractivity contribution in [1.29, 1.82) is 0 Å². The smallest absolute Gasteiger partial charge is 0.197 e. The first-order valence-electron chi connectivity index (χ1n) is 4.66. The van der Waals surface area contributed by atoms with Gasteiger partial charge in [0.25, 0.3) is 0 Å². The normalized spacial score (nSPS) is 13.2. The Kier molecular flexibility index (Phi) is 4.71. The molecule has 0 aliphatic heterocycles. The molecule has 0 aliphatic carbocycles. The molecule has 0 spiro atoms. The average molecular weight is 231 g/mol. The summed E-state index contributed by atoms with van der Waals surface area (Å²) in [6, 6.07) is 0. The van der Waals surface area contributed by atoms with Gasteiger partial charge in [-0.1, -0.05) is 20.8 Å². The molecule has 0 saturated carbocycles. The van der Waals surface area contributed by atoms with E-state index in [1.54, 1.807) is 11.3 Å². The van der Waals surface area contributed by atoms with E-state index in [0.29, 0.717) is 5.25 Å². The Hall–Kier alpha value is -0.260. The van der Waals surface area contributed by atoms with Crippen LogP contribution in [0.3, 0.4) is 0 Å². The van der Waals surface area contributed by atoms with Gasteiger partial charge in [0.15, 0.2) is 5.13 Å². The zero-order valence-corrected chi connectivity index (χ0v) is 10.4. The van der Waals surface area contributed by atoms with E-state index in [1.165, 1.54) is 4.88 Å². The zero-order valence-electron chi connectivity index (χ0n) is 8.78. The molecule has 0 saturated heterocycles. The highest BCUT2D eigenvalue weighted by molar-refractivity contribution is 7.99. The van der Waals surface area contributed by atoms with Crippen LogP contribution in [0.25, 0.3) is 0 Å². The largest absolute Gasteiger partial charge is 0.300 e. The van der Waals surface area contributed by atoms with E-state index >= 15 is 0 Å². The highest BCUT2D eigenvalue weighted by Crippen LogP contribution is 2.27. The monoisotopic (exact) mass is 231 g/mol. The molecule has 0 bridgehead atoms. The Bertz CT molecular complexity index is 273. The molecule has 5 heteroatoms. The fourth-order valence-corrected chi connectivity index (χ4v) is 2.69. The second kappa shape index (κ2) is 5.58. The van der Waals surface area contributed by atoms with Gasteiger partial charge in [-0.15, -0.1) is 11.3 Å². The molecule has 0 amide bonds. The van der Waals surface area contributed by atoms with Crippen LogP contribution in [0.15, 0.2) is 6.20 Å². The summed E-state index contributed by atoms with van der Waals surface area (Å²) in [5, 5.41) is 1.48. The number of hydrogen-bond donors (Lipinski definition) is 2. The third-order valence-electron chi connectivity index (χ3n) is 2.10. The van der Waals surface area contributed by atoms with Gasteiger partial charge in [-0.2, -0.15) is 11.8 Å². The van der Waals surface area contributed by atoms with Gasteiger partial charge < -0.3 is 0 Å². The van der Waals surface area contributed by atoms with Crippen LogP contribution in [-0.4, -0.2) is 10.2 Å². The van der Waals surface area contributed by atoms with Crippen LogP contribution in [0.5, 0.6) is 0 Å². The van der Waals surface area contributed by atoms with E-state index in [4.69, 9.17) is 5.84 Å². The fraction of sp³-hybridized carbons (Fsp3) is 0.667. The summed E-state index contributed by atoms with van der Waals surface area (Å²) in [6.07, 6.45) is 1.89. The summed E-state index contributed by atoms with van der Waals surface area (Å²) in [5.74, 6) is 7.01. The van der Waals surface area contributed by atoms with E-state index in [9.17, 15) is 0 Å². The molecule has 1 aromatic heterocycles. The van der Waals surface area contributed by atoms with Gasteiger partial charge in [-0.05, 0) is 5.92 Å². The lowest BCUT2D eigenvalue weighted by atomic mass is 10.2. The van der Waals surface area contributed by atoms with E-state index in [-0.39, 0.29) is 0 Å². The molecular weight excluding hydrogens is 214 g/mol. The van der Waals surface area contributed by atoms with Crippen LogP contribution >= 0.6 is 23.1 Å². The molecular formula is C9H17N3S2. The minimum Gasteiger partial charge on any atom is -0.300 e. The Morgan fingerprint density at radius 3 is 2.79 bits per heavy atom. The maximum Gasteiger partial charge on any atom is 0.197 e. The van der Waals surface area contributed by atoms with Crippen molar-refractivity contribution in [3.8, 4) is 0 Å². The number of thioether (sulfide) groups is 1. The molecule has 1 heterocycles. The summed E-state index contributed by atoms with van der Waals surface area (Å²) in [6.45, 7) is 6.76. The molecule has 1 rings (SSSR count). The molecule has 0 aliphatic rings. The molecule has 80 valence electrons. The second-order valence-corrected chi connectivity index (χ2v) is 6.02. The summed E-state index contributed by atoms with van der Waals surface area (Å²) >= 11 is 3.58. The first-order valence-corrected chi connectivity index (χ1v) is 6.53. The minimum absolute atomic E-state index is 0.686. The lowest BCUT2D eigenvalue weighted by Crippen LogP contribution is -2.05. The van der Waals surface area contributed by atoms with Crippen molar-refractivity contribution in [3.63, 3.8) is 0 Å². The number of nitrogens with one attached hydrogen (secondary N) is 1. The van der Waals surface area contributed by atoms with Crippen LogP contribution in [0.1, 0.15) is 25.6 Å². The number of hydrazine groups is 1. The molecule has 3 N–H and O–H groups in total. The summed E-state index contributed by atoms with van der Waals surface area (Å²) in [4.78, 5) is 5.40. The number of nitrogens with zero attached hydrogens (tertiary/aromatic N) is 1. The lowest BCUT2D eigenvalue weighted by Gasteiger charge is -2.13. The summed E-state index contributed by atoms with van der Waals surface area (Å²) in [7, 11) is 0. The quantitative estimate of drug-likeness (QED) is 0.604. The van der Waals surface area contributed by atoms with Gasteiger partial charge >= 0.3 is 0 Å². The number of thiazole rings is 1. The van der Waals surface area contributed by atoms with Crippen molar-refractivity contribution in [2.45, 2.75) is 31.8 Å². The van der Waals surface area contributed by atoms with Gasteiger partial charge in [-0.25, -0.2) is 10.8 Å². The predicted octanol–water partition coefficient (Wildman–Crippen LogP) is 2.71. The topological polar surface area (TPSA) is 50.9 Å². The lowest BCUT2D eigenvalue weighted by molar-refractivity contribution is 0.642. The SMILES string of the molecule is CC(C)C(C)SCc1cnc(NN)s1. The third kappa shape index (κ3) is 3.48. The van der Waals surface area contributed by atoms with Gasteiger partial charge in [0.2, 0.25) is 0 Å². The molecule has 3 nitrogen and oxygen atoms in total. The molecule has 1 unspecified atom stereocenters. The van der Waals surface area contributed by atoms with Crippen molar-refractivity contribution in [2.24, 2.45) is 11.8 Å². The Balaban J connectivity index is 2.37. The first kappa shape index (κ1) is 11.8. The van der Waals surface area contributed by atoms with Crippen LogP contribution in [0.4, 0.5) is 5.13 Å². The van der Waals surface area contributed by atoms with Crippen molar-refractivity contribution < 1.29 is 0 Å². The first-order chi connectivity index (χ1) is 6.63. The number of nitrogen functional groups attached to an aromatic ring is 1. The van der Waals surface area contributed by atoms with E-state index in [0.717, 1.165) is 16.8 Å². The Morgan fingerprint density at radius 2 is 2.29 bits per heavy atom. The molecule has 1 atom stereocenters. The van der Waals surface area contributed by atoms with Crippen molar-refractivity contribution in [2.75, 3.05) is 5.43 Å². The molecule has 0 radical (unpaired) electrons. The number of anilines is 1.